The summed E-state index contributed by atoms with van der Waals surface area (Å²) < 4.78 is 0. The maximum absolute atomic E-state index is 12.8. The normalized spacial score (nSPS) is 28.5. The maximum atomic E-state index is 12.8. The highest BCUT2D eigenvalue weighted by Gasteiger charge is 2.36. The van der Waals surface area contributed by atoms with Crippen molar-refractivity contribution >= 4 is 24.2 Å². The van der Waals surface area contributed by atoms with Crippen LogP contribution in [0.15, 0.2) is 0 Å². The van der Waals surface area contributed by atoms with Crippen LogP contribution in [0.25, 0.3) is 0 Å². The highest BCUT2D eigenvalue weighted by molar-refractivity contribution is 5.85. The van der Waals surface area contributed by atoms with Crippen LogP contribution in [0.1, 0.15) is 32.6 Å². The molecular formula is C17H31ClN4O2. The molecule has 2 unspecified atom stereocenters. The second kappa shape index (κ2) is 9.02. The van der Waals surface area contributed by atoms with Crippen LogP contribution in [-0.4, -0.2) is 84.9 Å². The van der Waals surface area contributed by atoms with Crippen molar-refractivity contribution in [3.63, 3.8) is 0 Å². The molecule has 3 heterocycles. The van der Waals surface area contributed by atoms with Crippen LogP contribution in [-0.2, 0) is 9.59 Å². The summed E-state index contributed by atoms with van der Waals surface area (Å²) in [6.07, 6.45) is 3.52. The predicted octanol–water partition coefficient (Wildman–Crippen LogP) is 0.563. The van der Waals surface area contributed by atoms with Crippen LogP contribution in [0.4, 0.5) is 0 Å². The molecule has 3 aliphatic heterocycles. The summed E-state index contributed by atoms with van der Waals surface area (Å²) in [5.74, 6) is 0.472. The van der Waals surface area contributed by atoms with Gasteiger partial charge in [-0.3, -0.25) is 14.5 Å². The van der Waals surface area contributed by atoms with E-state index in [1.165, 1.54) is 0 Å². The molecule has 1 N–H and O–H groups in total. The molecule has 0 radical (unpaired) electrons. The summed E-state index contributed by atoms with van der Waals surface area (Å²) in [6, 6.07) is 0.526. The number of halogens is 1. The molecule has 6 nitrogen and oxygen atoms in total. The average Bonchev–Trinajstić information content (AvgIpc) is 3.11. The molecule has 0 spiro atoms. The van der Waals surface area contributed by atoms with Gasteiger partial charge in [-0.25, -0.2) is 0 Å². The third-order valence-electron chi connectivity index (χ3n) is 5.57. The van der Waals surface area contributed by atoms with E-state index in [1.54, 1.807) is 0 Å². The Morgan fingerprint density at radius 3 is 2.46 bits per heavy atom. The number of nitrogens with zero attached hydrogens (tertiary/aromatic N) is 3. The predicted molar refractivity (Wildman–Crippen MR) is 96.3 cm³/mol. The molecule has 2 amide bonds. The Morgan fingerprint density at radius 2 is 1.75 bits per heavy atom. The SMILES string of the molecule is CCC(=O)N1CCCC(C(=O)N2CCC(N3CCNCC3)C2)C1.Cl. The molecule has 3 fully saturated rings. The lowest BCUT2D eigenvalue weighted by Gasteiger charge is -2.35. The number of hydrogen-bond acceptors (Lipinski definition) is 4. The van der Waals surface area contributed by atoms with E-state index >= 15 is 0 Å². The Morgan fingerprint density at radius 1 is 1.00 bits per heavy atom. The largest absolute Gasteiger partial charge is 0.342 e. The van der Waals surface area contributed by atoms with Crippen molar-refractivity contribution in [2.24, 2.45) is 5.92 Å². The monoisotopic (exact) mass is 358 g/mol. The van der Waals surface area contributed by atoms with E-state index in [0.29, 0.717) is 19.0 Å². The first-order valence-electron chi connectivity index (χ1n) is 9.20. The van der Waals surface area contributed by atoms with Crippen LogP contribution in [0.3, 0.4) is 0 Å². The Balaban J connectivity index is 0.00000208. The fraction of sp³-hybridized carbons (Fsp3) is 0.882. The van der Waals surface area contributed by atoms with E-state index in [2.05, 4.69) is 15.1 Å². The van der Waals surface area contributed by atoms with Gasteiger partial charge in [-0.1, -0.05) is 6.92 Å². The zero-order valence-corrected chi connectivity index (χ0v) is 15.5. The smallest absolute Gasteiger partial charge is 0.227 e. The van der Waals surface area contributed by atoms with E-state index in [-0.39, 0.29) is 30.1 Å². The van der Waals surface area contributed by atoms with Gasteiger partial charge in [-0.05, 0) is 19.3 Å². The Labute approximate surface area is 151 Å². The summed E-state index contributed by atoms with van der Waals surface area (Å²) in [7, 11) is 0. The van der Waals surface area contributed by atoms with Gasteiger partial charge in [0.2, 0.25) is 11.8 Å². The molecule has 24 heavy (non-hydrogen) atoms. The first kappa shape index (κ1) is 19.5. The molecule has 0 aromatic heterocycles. The highest BCUT2D eigenvalue weighted by Crippen LogP contribution is 2.23. The second-order valence-corrected chi connectivity index (χ2v) is 7.05. The number of rotatable bonds is 3. The molecule has 0 aromatic rings. The summed E-state index contributed by atoms with van der Waals surface area (Å²) in [6.45, 7) is 9.39. The molecule has 0 bridgehead atoms. The van der Waals surface area contributed by atoms with Gasteiger partial charge in [0.15, 0.2) is 0 Å². The number of piperazine rings is 1. The van der Waals surface area contributed by atoms with E-state index in [0.717, 1.165) is 65.1 Å². The molecule has 0 aliphatic carbocycles. The minimum atomic E-state index is 0. The van der Waals surface area contributed by atoms with E-state index in [1.807, 2.05) is 11.8 Å². The number of likely N-dealkylation sites (tertiary alicyclic amines) is 2. The van der Waals surface area contributed by atoms with Crippen molar-refractivity contribution in [3.8, 4) is 0 Å². The minimum absolute atomic E-state index is 0. The molecular weight excluding hydrogens is 328 g/mol. The van der Waals surface area contributed by atoms with Gasteiger partial charge in [-0.2, -0.15) is 0 Å². The molecule has 0 saturated carbocycles. The van der Waals surface area contributed by atoms with Crippen molar-refractivity contribution < 1.29 is 9.59 Å². The van der Waals surface area contributed by atoms with Crippen molar-refractivity contribution in [2.45, 2.75) is 38.6 Å². The number of carbonyl (C=O) groups is 2. The topological polar surface area (TPSA) is 55.9 Å². The first-order valence-corrected chi connectivity index (χ1v) is 9.20. The number of hydrogen-bond donors (Lipinski definition) is 1. The van der Waals surface area contributed by atoms with Crippen LogP contribution >= 0.6 is 12.4 Å². The van der Waals surface area contributed by atoms with Gasteiger partial charge in [-0.15, -0.1) is 12.4 Å². The molecule has 3 saturated heterocycles. The van der Waals surface area contributed by atoms with Crippen LogP contribution in [0.5, 0.6) is 0 Å². The van der Waals surface area contributed by atoms with Crippen molar-refractivity contribution in [1.29, 1.82) is 0 Å². The number of amides is 2. The quantitative estimate of drug-likeness (QED) is 0.801. The summed E-state index contributed by atoms with van der Waals surface area (Å²) in [5, 5.41) is 3.39. The number of piperidine rings is 1. The van der Waals surface area contributed by atoms with E-state index in [9.17, 15) is 9.59 Å². The second-order valence-electron chi connectivity index (χ2n) is 7.05. The van der Waals surface area contributed by atoms with Gasteiger partial charge in [0.05, 0.1) is 5.92 Å². The molecule has 0 aromatic carbocycles. The van der Waals surface area contributed by atoms with E-state index < -0.39 is 0 Å². The number of nitrogens with one attached hydrogen (secondary N) is 1. The lowest BCUT2D eigenvalue weighted by Crippen LogP contribution is -2.50. The fourth-order valence-electron chi connectivity index (χ4n) is 4.17. The van der Waals surface area contributed by atoms with Crippen LogP contribution in [0, 0.1) is 5.92 Å². The van der Waals surface area contributed by atoms with Crippen molar-refractivity contribution in [1.82, 2.24) is 20.0 Å². The van der Waals surface area contributed by atoms with Gasteiger partial charge in [0.25, 0.3) is 0 Å². The third-order valence-corrected chi connectivity index (χ3v) is 5.57. The summed E-state index contributed by atoms with van der Waals surface area (Å²) in [5.41, 5.74) is 0. The molecule has 2 atom stereocenters. The van der Waals surface area contributed by atoms with Crippen LogP contribution in [0.2, 0.25) is 0 Å². The molecule has 138 valence electrons. The Kier molecular flexibility index (Phi) is 7.32. The minimum Gasteiger partial charge on any atom is -0.342 e. The molecule has 7 heteroatoms. The van der Waals surface area contributed by atoms with Crippen molar-refractivity contribution in [3.05, 3.63) is 0 Å². The highest BCUT2D eigenvalue weighted by atomic mass is 35.5. The van der Waals surface area contributed by atoms with Gasteiger partial charge < -0.3 is 15.1 Å². The molecule has 3 aliphatic rings. The van der Waals surface area contributed by atoms with Crippen molar-refractivity contribution in [2.75, 3.05) is 52.4 Å². The zero-order valence-electron chi connectivity index (χ0n) is 14.7. The van der Waals surface area contributed by atoms with E-state index in [4.69, 9.17) is 0 Å². The lowest BCUT2D eigenvalue weighted by molar-refractivity contribution is -0.140. The van der Waals surface area contributed by atoms with Gasteiger partial charge >= 0.3 is 0 Å². The van der Waals surface area contributed by atoms with Gasteiger partial charge in [0.1, 0.15) is 0 Å². The van der Waals surface area contributed by atoms with Gasteiger partial charge in [0, 0.05) is 64.8 Å². The third kappa shape index (κ3) is 4.41. The first-order chi connectivity index (χ1) is 11.2. The molecule has 3 rings (SSSR count). The summed E-state index contributed by atoms with van der Waals surface area (Å²) >= 11 is 0. The van der Waals surface area contributed by atoms with Crippen LogP contribution < -0.4 is 5.32 Å². The zero-order chi connectivity index (χ0) is 16.2. The Hall–Kier alpha value is -0.850. The Bertz CT molecular complexity index is 442. The average molecular weight is 359 g/mol. The summed E-state index contributed by atoms with van der Waals surface area (Å²) in [4.78, 5) is 31.2. The number of carbonyl (C=O) groups excluding carboxylic acids is 2. The standard InChI is InChI=1S/C17H30N4O2.ClH/c1-2-16(22)20-8-3-4-14(12-20)17(23)21-9-5-15(13-21)19-10-6-18-7-11-19;/h14-15,18H,2-13H2,1H3;1H. The lowest BCUT2D eigenvalue weighted by atomic mass is 9.96. The fourth-order valence-corrected chi connectivity index (χ4v) is 4.17. The maximum Gasteiger partial charge on any atom is 0.227 e.